The standard InChI is InChI=1S/C19H21F2NO4S/c1-14-4-8-16(9-5-14)26-13-3-2-12-22-18(23)15-6-10-17(11-7-15)27(24,25)19(20)21/h4-11,19H,2-3,12-13H2,1H3,(H,22,23). The molecule has 8 heteroatoms. The van der Waals surface area contributed by atoms with Crippen molar-refractivity contribution in [1.82, 2.24) is 5.32 Å². The molecular formula is C19H21F2NO4S. The maximum atomic E-state index is 12.5. The highest BCUT2D eigenvalue weighted by Gasteiger charge is 2.26. The van der Waals surface area contributed by atoms with Crippen LogP contribution in [0.1, 0.15) is 28.8 Å². The van der Waals surface area contributed by atoms with Crippen LogP contribution < -0.4 is 10.1 Å². The van der Waals surface area contributed by atoms with Crippen LogP contribution in [0.15, 0.2) is 53.4 Å². The van der Waals surface area contributed by atoms with Gasteiger partial charge in [-0.05, 0) is 56.2 Å². The second-order valence-corrected chi connectivity index (χ2v) is 7.87. The molecule has 146 valence electrons. The molecule has 1 amide bonds. The predicted octanol–water partition coefficient (Wildman–Crippen LogP) is 3.58. The highest BCUT2D eigenvalue weighted by molar-refractivity contribution is 7.91. The summed E-state index contributed by atoms with van der Waals surface area (Å²) >= 11 is 0. The van der Waals surface area contributed by atoms with Crippen molar-refractivity contribution in [1.29, 1.82) is 0 Å². The van der Waals surface area contributed by atoms with Gasteiger partial charge in [-0.3, -0.25) is 4.79 Å². The average Bonchev–Trinajstić information content (AvgIpc) is 2.65. The predicted molar refractivity (Wildman–Crippen MR) is 97.9 cm³/mol. The van der Waals surface area contributed by atoms with E-state index in [0.29, 0.717) is 19.6 Å². The molecule has 0 spiro atoms. The zero-order valence-electron chi connectivity index (χ0n) is 14.8. The second kappa shape index (κ2) is 9.45. The van der Waals surface area contributed by atoms with E-state index in [2.05, 4.69) is 5.32 Å². The molecule has 0 atom stereocenters. The number of rotatable bonds is 9. The van der Waals surface area contributed by atoms with Crippen molar-refractivity contribution in [3.8, 4) is 5.75 Å². The number of carbonyl (C=O) groups is 1. The Kier molecular flexibility index (Phi) is 7.29. The molecule has 5 nitrogen and oxygen atoms in total. The Bertz CT molecular complexity index is 850. The van der Waals surface area contributed by atoms with Crippen LogP contribution in [0.3, 0.4) is 0 Å². The van der Waals surface area contributed by atoms with Crippen LogP contribution in [0.25, 0.3) is 0 Å². The summed E-state index contributed by atoms with van der Waals surface area (Å²) in [6, 6.07) is 12.2. The molecule has 0 aromatic heterocycles. The number of hydrogen-bond donors (Lipinski definition) is 1. The molecule has 0 saturated heterocycles. The van der Waals surface area contributed by atoms with E-state index in [1.807, 2.05) is 31.2 Å². The lowest BCUT2D eigenvalue weighted by atomic mass is 10.2. The van der Waals surface area contributed by atoms with E-state index in [9.17, 15) is 22.0 Å². The fraction of sp³-hybridized carbons (Fsp3) is 0.316. The molecule has 27 heavy (non-hydrogen) atoms. The molecule has 0 heterocycles. The van der Waals surface area contributed by atoms with Gasteiger partial charge in [-0.25, -0.2) is 8.42 Å². The summed E-state index contributed by atoms with van der Waals surface area (Å²) in [7, 11) is -4.65. The molecule has 0 aliphatic heterocycles. The molecular weight excluding hydrogens is 376 g/mol. The first-order chi connectivity index (χ1) is 12.8. The first kappa shape index (κ1) is 20.8. The van der Waals surface area contributed by atoms with Gasteiger partial charge in [-0.2, -0.15) is 8.78 Å². The molecule has 2 aromatic rings. The number of sulfone groups is 1. The highest BCUT2D eigenvalue weighted by Crippen LogP contribution is 2.18. The van der Waals surface area contributed by atoms with E-state index < -0.39 is 26.4 Å². The average molecular weight is 397 g/mol. The van der Waals surface area contributed by atoms with Crippen LogP contribution in [0, 0.1) is 6.92 Å². The summed E-state index contributed by atoms with van der Waals surface area (Å²) in [6.07, 6.45) is 1.45. The third-order valence-corrected chi connectivity index (χ3v) is 5.22. The third kappa shape index (κ3) is 6.02. The molecule has 2 rings (SSSR count). The van der Waals surface area contributed by atoms with E-state index in [1.165, 1.54) is 12.1 Å². The quantitative estimate of drug-likeness (QED) is 0.657. The molecule has 0 bridgehead atoms. The molecule has 2 aromatic carbocycles. The van der Waals surface area contributed by atoms with Crippen molar-refractivity contribution in [2.24, 2.45) is 0 Å². The highest BCUT2D eigenvalue weighted by atomic mass is 32.2. The summed E-state index contributed by atoms with van der Waals surface area (Å²) in [6.45, 7) is 2.95. The van der Waals surface area contributed by atoms with Gasteiger partial charge in [0.2, 0.25) is 9.84 Å². The first-order valence-electron chi connectivity index (χ1n) is 8.40. The minimum atomic E-state index is -4.65. The minimum absolute atomic E-state index is 0.208. The number of benzene rings is 2. The van der Waals surface area contributed by atoms with Crippen molar-refractivity contribution in [3.05, 3.63) is 59.7 Å². The Morgan fingerprint density at radius 3 is 2.26 bits per heavy atom. The molecule has 0 radical (unpaired) electrons. The summed E-state index contributed by atoms with van der Waals surface area (Å²) in [4.78, 5) is 11.5. The number of carbonyl (C=O) groups excluding carboxylic acids is 1. The molecule has 0 fully saturated rings. The molecule has 1 N–H and O–H groups in total. The third-order valence-electron chi connectivity index (χ3n) is 3.83. The summed E-state index contributed by atoms with van der Waals surface area (Å²) in [5.41, 5.74) is 1.36. The lowest BCUT2D eigenvalue weighted by Crippen LogP contribution is -2.24. The fourth-order valence-corrected chi connectivity index (χ4v) is 2.98. The van der Waals surface area contributed by atoms with E-state index in [1.54, 1.807) is 0 Å². The van der Waals surface area contributed by atoms with Gasteiger partial charge in [-0.1, -0.05) is 17.7 Å². The molecule has 0 unspecified atom stereocenters. The number of halogens is 2. The summed E-state index contributed by atoms with van der Waals surface area (Å²) in [5, 5.41) is 2.69. The maximum absolute atomic E-state index is 12.5. The number of hydrogen-bond acceptors (Lipinski definition) is 4. The van der Waals surface area contributed by atoms with E-state index >= 15 is 0 Å². The number of unbranched alkanes of at least 4 members (excludes halogenated alkanes) is 1. The Balaban J connectivity index is 1.72. The summed E-state index contributed by atoms with van der Waals surface area (Å²) in [5.74, 6) is -3.08. The number of alkyl halides is 2. The van der Waals surface area contributed by atoms with Gasteiger partial charge in [0.15, 0.2) is 0 Å². The van der Waals surface area contributed by atoms with Gasteiger partial charge < -0.3 is 10.1 Å². The molecule has 0 aliphatic carbocycles. The number of ether oxygens (including phenoxy) is 1. The Morgan fingerprint density at radius 1 is 1.04 bits per heavy atom. The zero-order valence-corrected chi connectivity index (χ0v) is 15.6. The SMILES string of the molecule is Cc1ccc(OCCCCNC(=O)c2ccc(S(=O)(=O)C(F)F)cc2)cc1. The second-order valence-electron chi connectivity index (χ2n) is 5.95. The van der Waals surface area contributed by atoms with Gasteiger partial charge in [0, 0.05) is 12.1 Å². The van der Waals surface area contributed by atoms with Crippen molar-refractivity contribution in [2.45, 2.75) is 30.4 Å². The number of aryl methyl sites for hydroxylation is 1. The van der Waals surface area contributed by atoms with Crippen LogP contribution in [0.4, 0.5) is 8.78 Å². The van der Waals surface area contributed by atoms with E-state index in [4.69, 9.17) is 4.74 Å². The Morgan fingerprint density at radius 2 is 1.67 bits per heavy atom. The lowest BCUT2D eigenvalue weighted by molar-refractivity contribution is 0.0952. The lowest BCUT2D eigenvalue weighted by Gasteiger charge is -2.08. The van der Waals surface area contributed by atoms with Gasteiger partial charge in [0.1, 0.15) is 5.75 Å². The normalized spacial score (nSPS) is 11.4. The first-order valence-corrected chi connectivity index (χ1v) is 9.95. The monoisotopic (exact) mass is 397 g/mol. The largest absolute Gasteiger partial charge is 0.494 e. The van der Waals surface area contributed by atoms with Gasteiger partial charge in [-0.15, -0.1) is 0 Å². The van der Waals surface area contributed by atoms with Crippen molar-refractivity contribution >= 4 is 15.7 Å². The number of amides is 1. The Labute approximate surface area is 157 Å². The molecule has 0 aliphatic rings. The van der Waals surface area contributed by atoms with Crippen LogP contribution in [0.2, 0.25) is 0 Å². The smallest absolute Gasteiger partial charge is 0.341 e. The van der Waals surface area contributed by atoms with Gasteiger partial charge in [0.05, 0.1) is 11.5 Å². The maximum Gasteiger partial charge on any atom is 0.341 e. The molecule has 0 saturated carbocycles. The van der Waals surface area contributed by atoms with Crippen LogP contribution in [-0.2, 0) is 9.84 Å². The van der Waals surface area contributed by atoms with Crippen molar-refractivity contribution in [3.63, 3.8) is 0 Å². The van der Waals surface area contributed by atoms with E-state index in [0.717, 1.165) is 29.9 Å². The number of nitrogens with one attached hydrogen (secondary N) is 1. The topological polar surface area (TPSA) is 72.5 Å². The summed E-state index contributed by atoms with van der Waals surface area (Å²) < 4.78 is 53.2. The van der Waals surface area contributed by atoms with Crippen molar-refractivity contribution < 1.29 is 26.7 Å². The van der Waals surface area contributed by atoms with Gasteiger partial charge >= 0.3 is 5.76 Å². The zero-order chi connectivity index (χ0) is 19.9. The minimum Gasteiger partial charge on any atom is -0.494 e. The van der Waals surface area contributed by atoms with Crippen LogP contribution in [0.5, 0.6) is 5.75 Å². The fourth-order valence-electron chi connectivity index (χ4n) is 2.25. The van der Waals surface area contributed by atoms with Crippen molar-refractivity contribution in [2.75, 3.05) is 13.2 Å². The van der Waals surface area contributed by atoms with Crippen LogP contribution >= 0.6 is 0 Å². The Hall–Kier alpha value is -2.48. The van der Waals surface area contributed by atoms with E-state index in [-0.39, 0.29) is 5.56 Å². The van der Waals surface area contributed by atoms with Crippen LogP contribution in [-0.4, -0.2) is 33.2 Å². The van der Waals surface area contributed by atoms with Gasteiger partial charge in [0.25, 0.3) is 5.91 Å².